The number of ether oxygens (including phenoxy) is 1. The van der Waals surface area contributed by atoms with Gasteiger partial charge >= 0.3 is 6.03 Å². The fourth-order valence-corrected chi connectivity index (χ4v) is 4.36. The summed E-state index contributed by atoms with van der Waals surface area (Å²) in [6, 6.07) is 4.82. The third kappa shape index (κ3) is 4.32. The molecule has 3 rings (SSSR count). The summed E-state index contributed by atoms with van der Waals surface area (Å²) in [5.41, 5.74) is 2.69. The quantitative estimate of drug-likeness (QED) is 0.762. The third-order valence-corrected chi connectivity index (χ3v) is 6.20. The van der Waals surface area contributed by atoms with Crippen molar-refractivity contribution in [3.8, 4) is 11.9 Å². The smallest absolute Gasteiger partial charge is 0.354 e. The van der Waals surface area contributed by atoms with Crippen LogP contribution in [0.5, 0.6) is 5.88 Å². The van der Waals surface area contributed by atoms with Crippen molar-refractivity contribution in [3.63, 3.8) is 0 Å². The molecule has 2 amide bonds. The molecule has 1 aliphatic heterocycles. The average molecular weight is 431 g/mol. The van der Waals surface area contributed by atoms with Gasteiger partial charge in [-0.25, -0.2) is 18.8 Å². The first-order valence-corrected chi connectivity index (χ1v) is 11.3. The van der Waals surface area contributed by atoms with Crippen molar-refractivity contribution in [3.05, 3.63) is 35.0 Å². The molecule has 1 aromatic heterocycles. The SMILES string of the molecule is CC(C)c1cc(C#N)cc(C(C)C)c1NC(=O)N=[S@](N)(=O)c1cnn2c1OCCC2. The van der Waals surface area contributed by atoms with Gasteiger partial charge in [-0.05, 0) is 35.1 Å². The molecular weight excluding hydrogens is 404 g/mol. The Bertz CT molecular complexity index is 1110. The van der Waals surface area contributed by atoms with Crippen LogP contribution in [0.1, 0.15) is 62.6 Å². The maximum Gasteiger partial charge on any atom is 0.354 e. The number of rotatable bonds is 4. The first-order chi connectivity index (χ1) is 14.1. The van der Waals surface area contributed by atoms with Crippen molar-refractivity contribution in [1.29, 1.82) is 5.26 Å². The number of carbonyl (C=O) groups is 1. The Balaban J connectivity index is 2.01. The van der Waals surface area contributed by atoms with E-state index in [0.717, 1.165) is 17.5 Å². The maximum atomic E-state index is 13.0. The highest BCUT2D eigenvalue weighted by Crippen LogP contribution is 2.34. The molecular formula is C20H26N6O3S. The van der Waals surface area contributed by atoms with Crippen LogP contribution in [0.2, 0.25) is 0 Å². The fourth-order valence-electron chi connectivity index (χ4n) is 3.36. The molecule has 9 nitrogen and oxygen atoms in total. The van der Waals surface area contributed by atoms with Crippen molar-refractivity contribution < 1.29 is 13.7 Å². The number of nitrogens with two attached hydrogens (primary N) is 1. The van der Waals surface area contributed by atoms with E-state index in [0.29, 0.717) is 24.4 Å². The average Bonchev–Trinajstić information content (AvgIpc) is 3.12. The van der Waals surface area contributed by atoms with Gasteiger partial charge in [-0.2, -0.15) is 10.4 Å². The monoisotopic (exact) mass is 430 g/mol. The number of amides is 2. The van der Waals surface area contributed by atoms with Gasteiger partial charge in [0.05, 0.1) is 24.4 Å². The maximum absolute atomic E-state index is 13.0. The normalized spacial score (nSPS) is 15.1. The van der Waals surface area contributed by atoms with Gasteiger partial charge in [-0.3, -0.25) is 0 Å². The van der Waals surface area contributed by atoms with Crippen LogP contribution >= 0.6 is 0 Å². The van der Waals surface area contributed by atoms with Crippen LogP contribution in [0.4, 0.5) is 10.5 Å². The summed E-state index contributed by atoms with van der Waals surface area (Å²) >= 11 is 0. The molecule has 0 saturated heterocycles. The van der Waals surface area contributed by atoms with Crippen LogP contribution in [0.25, 0.3) is 0 Å². The summed E-state index contributed by atoms with van der Waals surface area (Å²) < 4.78 is 23.9. The molecule has 0 bridgehead atoms. The number of hydrogen-bond acceptors (Lipinski definition) is 5. The lowest BCUT2D eigenvalue weighted by Gasteiger charge is -2.20. The molecule has 0 unspecified atom stereocenters. The van der Waals surface area contributed by atoms with Gasteiger partial charge < -0.3 is 10.1 Å². The zero-order valence-corrected chi connectivity index (χ0v) is 18.3. The number of nitrogens with zero attached hydrogens (tertiary/aromatic N) is 4. The summed E-state index contributed by atoms with van der Waals surface area (Å²) in [5, 5.41) is 22.1. The first-order valence-electron chi connectivity index (χ1n) is 9.76. The van der Waals surface area contributed by atoms with Gasteiger partial charge in [0.2, 0.25) is 5.88 Å². The second-order valence-corrected chi connectivity index (χ2v) is 9.54. The van der Waals surface area contributed by atoms with Crippen LogP contribution < -0.4 is 15.2 Å². The largest absolute Gasteiger partial charge is 0.477 e. The number of anilines is 1. The van der Waals surface area contributed by atoms with E-state index in [1.54, 1.807) is 16.8 Å². The number of hydrogen-bond donors (Lipinski definition) is 2. The molecule has 0 spiro atoms. The number of aryl methyl sites for hydroxylation is 1. The Morgan fingerprint density at radius 2 is 1.97 bits per heavy atom. The summed E-state index contributed by atoms with van der Waals surface area (Å²) in [4.78, 5) is 12.8. The van der Waals surface area contributed by atoms with Gasteiger partial charge in [0.15, 0.2) is 9.92 Å². The minimum absolute atomic E-state index is 0.0458. The Labute approximate surface area is 176 Å². The van der Waals surface area contributed by atoms with E-state index >= 15 is 0 Å². The first kappa shape index (κ1) is 21.8. The van der Waals surface area contributed by atoms with Gasteiger partial charge in [0.1, 0.15) is 4.90 Å². The molecule has 10 heteroatoms. The van der Waals surface area contributed by atoms with Crippen LogP contribution in [-0.2, 0) is 16.5 Å². The number of benzene rings is 1. The van der Waals surface area contributed by atoms with E-state index < -0.39 is 15.9 Å². The Hall–Kier alpha value is -2.90. The molecule has 0 aliphatic carbocycles. The van der Waals surface area contributed by atoms with Crippen molar-refractivity contribution in [2.24, 2.45) is 9.50 Å². The molecule has 0 fully saturated rings. The minimum Gasteiger partial charge on any atom is -0.477 e. The number of urea groups is 1. The number of aromatic nitrogens is 2. The van der Waals surface area contributed by atoms with E-state index in [9.17, 15) is 14.3 Å². The van der Waals surface area contributed by atoms with Crippen molar-refractivity contribution in [2.75, 3.05) is 11.9 Å². The highest BCUT2D eigenvalue weighted by atomic mass is 32.2. The van der Waals surface area contributed by atoms with Gasteiger partial charge in [-0.1, -0.05) is 27.7 Å². The minimum atomic E-state index is -3.55. The van der Waals surface area contributed by atoms with Gasteiger partial charge in [0, 0.05) is 18.7 Å². The molecule has 30 heavy (non-hydrogen) atoms. The summed E-state index contributed by atoms with van der Waals surface area (Å²) in [6.45, 7) is 8.96. The van der Waals surface area contributed by atoms with Gasteiger partial charge in [-0.15, -0.1) is 4.36 Å². The number of nitrogens with one attached hydrogen (secondary N) is 1. The third-order valence-electron chi connectivity index (χ3n) is 4.85. The molecule has 3 N–H and O–H groups in total. The Morgan fingerprint density at radius 1 is 1.33 bits per heavy atom. The number of carbonyl (C=O) groups excluding carboxylic acids is 1. The second-order valence-electron chi connectivity index (χ2n) is 7.78. The lowest BCUT2D eigenvalue weighted by atomic mass is 9.90. The van der Waals surface area contributed by atoms with E-state index in [-0.39, 0.29) is 22.6 Å². The second kappa shape index (κ2) is 8.45. The van der Waals surface area contributed by atoms with Gasteiger partial charge in [0.25, 0.3) is 0 Å². The van der Waals surface area contributed by atoms with E-state index in [2.05, 4.69) is 20.8 Å². The molecule has 2 heterocycles. The lowest BCUT2D eigenvalue weighted by Crippen LogP contribution is -2.21. The molecule has 1 aliphatic rings. The summed E-state index contributed by atoms with van der Waals surface area (Å²) in [5.74, 6) is 0.378. The molecule has 0 radical (unpaired) electrons. The highest BCUT2D eigenvalue weighted by molar-refractivity contribution is 7.91. The standard InChI is InChI=1S/C20H26N6O3S/c1-12(2)15-8-14(10-21)9-16(13(3)4)18(15)24-20(27)25-30(22,28)17-11-23-26-6-5-7-29-19(17)26/h8-9,11-13H,5-7H2,1-4H3,(H3,22,24,25,27,28)/t30-/m0/s1. The van der Waals surface area contributed by atoms with Crippen molar-refractivity contribution >= 4 is 21.6 Å². The Kier molecular flexibility index (Phi) is 6.14. The van der Waals surface area contributed by atoms with E-state index in [4.69, 9.17) is 9.88 Å². The molecule has 160 valence electrons. The molecule has 0 saturated carbocycles. The van der Waals surface area contributed by atoms with Crippen LogP contribution in [-0.4, -0.2) is 26.6 Å². The zero-order valence-electron chi connectivity index (χ0n) is 17.5. The van der Waals surface area contributed by atoms with Crippen LogP contribution in [0.3, 0.4) is 0 Å². The number of fused-ring (bicyclic) bond motifs is 1. The predicted octanol–water partition coefficient (Wildman–Crippen LogP) is 3.72. The van der Waals surface area contributed by atoms with E-state index in [1.807, 2.05) is 27.7 Å². The highest BCUT2D eigenvalue weighted by Gasteiger charge is 2.24. The van der Waals surface area contributed by atoms with Crippen molar-refractivity contribution in [2.45, 2.75) is 57.4 Å². The Morgan fingerprint density at radius 3 is 2.53 bits per heavy atom. The molecule has 2 aromatic rings. The van der Waals surface area contributed by atoms with Crippen LogP contribution in [0, 0.1) is 11.3 Å². The molecule has 1 atom stereocenters. The lowest BCUT2D eigenvalue weighted by molar-refractivity contribution is 0.224. The molecule has 1 aromatic carbocycles. The summed E-state index contributed by atoms with van der Waals surface area (Å²) in [6.07, 6.45) is 2.12. The van der Waals surface area contributed by atoms with E-state index in [1.165, 1.54) is 6.20 Å². The predicted molar refractivity (Wildman–Crippen MR) is 114 cm³/mol. The van der Waals surface area contributed by atoms with Crippen LogP contribution in [0.15, 0.2) is 27.6 Å². The fraction of sp³-hybridized carbons (Fsp3) is 0.450. The topological polar surface area (TPSA) is 135 Å². The van der Waals surface area contributed by atoms with Crippen molar-refractivity contribution in [1.82, 2.24) is 9.78 Å². The summed E-state index contributed by atoms with van der Waals surface area (Å²) in [7, 11) is -3.55. The zero-order chi connectivity index (χ0) is 22.1. The number of nitriles is 1.